The van der Waals surface area contributed by atoms with Gasteiger partial charge in [0.05, 0.1) is 12.8 Å². The second kappa shape index (κ2) is 5.63. The van der Waals surface area contributed by atoms with E-state index in [-0.39, 0.29) is 0 Å². The molecule has 0 radical (unpaired) electrons. The monoisotopic (exact) mass is 235 g/mol. The lowest BCUT2D eigenvalue weighted by molar-refractivity contribution is 0.405. The predicted molar refractivity (Wildman–Crippen MR) is 62.4 cm³/mol. The fourth-order valence-electron chi connectivity index (χ4n) is 1.57. The molecule has 1 unspecified atom stereocenters. The highest BCUT2D eigenvalue weighted by atomic mass is 16.4. The summed E-state index contributed by atoms with van der Waals surface area (Å²) in [5, 5.41) is 11.2. The van der Waals surface area contributed by atoms with Crippen LogP contribution in [0.15, 0.2) is 27.2 Å². The molecule has 5 heteroatoms. The zero-order valence-electron chi connectivity index (χ0n) is 10.1. The zero-order chi connectivity index (χ0) is 12.1. The molecule has 2 heterocycles. The molecule has 0 spiro atoms. The van der Waals surface area contributed by atoms with Gasteiger partial charge in [-0.3, -0.25) is 0 Å². The summed E-state index contributed by atoms with van der Waals surface area (Å²) in [5.74, 6) is 2.29. The number of nitrogens with zero attached hydrogens (tertiary/aromatic N) is 2. The molecule has 0 aliphatic carbocycles. The van der Waals surface area contributed by atoms with Crippen molar-refractivity contribution in [1.82, 2.24) is 15.5 Å². The van der Waals surface area contributed by atoms with Crippen molar-refractivity contribution in [3.8, 4) is 0 Å². The van der Waals surface area contributed by atoms with E-state index >= 15 is 0 Å². The third kappa shape index (κ3) is 3.42. The molecule has 92 valence electrons. The average Bonchev–Trinajstić information content (AvgIpc) is 2.96. The van der Waals surface area contributed by atoms with Crippen molar-refractivity contribution < 1.29 is 8.83 Å². The lowest BCUT2D eigenvalue weighted by Gasteiger charge is -2.09. The van der Waals surface area contributed by atoms with Gasteiger partial charge in [-0.2, -0.15) is 0 Å². The molecule has 0 bridgehead atoms. The average molecular weight is 235 g/mol. The van der Waals surface area contributed by atoms with Crippen molar-refractivity contribution in [2.75, 3.05) is 0 Å². The number of rotatable bonds is 6. The Hall–Kier alpha value is -1.62. The molecule has 0 amide bonds. The first-order valence-corrected chi connectivity index (χ1v) is 5.85. The van der Waals surface area contributed by atoms with Gasteiger partial charge in [0.15, 0.2) is 0 Å². The lowest BCUT2D eigenvalue weighted by atomic mass is 10.2. The largest absolute Gasteiger partial charge is 0.469 e. The summed E-state index contributed by atoms with van der Waals surface area (Å²) >= 11 is 0. The van der Waals surface area contributed by atoms with Crippen molar-refractivity contribution >= 4 is 0 Å². The van der Waals surface area contributed by atoms with Gasteiger partial charge in [0.25, 0.3) is 0 Å². The van der Waals surface area contributed by atoms with Gasteiger partial charge in [-0.1, -0.05) is 6.92 Å². The van der Waals surface area contributed by atoms with Crippen LogP contribution in [-0.2, 0) is 19.4 Å². The molecule has 1 atom stereocenters. The Balaban J connectivity index is 1.77. The highest BCUT2D eigenvalue weighted by molar-refractivity contribution is 5.00. The maximum atomic E-state index is 5.41. The van der Waals surface area contributed by atoms with Crippen LogP contribution in [0.3, 0.4) is 0 Å². The quantitative estimate of drug-likeness (QED) is 0.829. The van der Waals surface area contributed by atoms with E-state index in [0.717, 1.165) is 18.6 Å². The van der Waals surface area contributed by atoms with Crippen LogP contribution in [0.5, 0.6) is 0 Å². The number of hydrogen-bond acceptors (Lipinski definition) is 5. The van der Waals surface area contributed by atoms with Gasteiger partial charge in [0.2, 0.25) is 11.8 Å². The van der Waals surface area contributed by atoms with Gasteiger partial charge in [0.1, 0.15) is 5.76 Å². The molecule has 1 N–H and O–H groups in total. The first-order chi connectivity index (χ1) is 8.28. The summed E-state index contributed by atoms with van der Waals surface area (Å²) in [7, 11) is 0. The molecule has 0 fully saturated rings. The molecule has 2 aromatic heterocycles. The Kier molecular flexibility index (Phi) is 3.93. The number of aromatic nitrogens is 2. The smallest absolute Gasteiger partial charge is 0.230 e. The molecule has 17 heavy (non-hydrogen) atoms. The predicted octanol–water partition coefficient (Wildman–Crippen LogP) is 1.95. The maximum Gasteiger partial charge on any atom is 0.230 e. The molecule has 0 aromatic carbocycles. The Bertz CT molecular complexity index is 436. The summed E-state index contributed by atoms with van der Waals surface area (Å²) in [6.07, 6.45) is 3.31. The second-order valence-electron chi connectivity index (χ2n) is 4.01. The summed E-state index contributed by atoms with van der Waals surface area (Å²) in [6, 6.07) is 4.17. The van der Waals surface area contributed by atoms with Crippen molar-refractivity contribution in [1.29, 1.82) is 0 Å². The summed E-state index contributed by atoms with van der Waals surface area (Å²) in [4.78, 5) is 0. The second-order valence-corrected chi connectivity index (χ2v) is 4.01. The van der Waals surface area contributed by atoms with E-state index in [0.29, 0.717) is 24.4 Å². The van der Waals surface area contributed by atoms with Gasteiger partial charge < -0.3 is 14.2 Å². The van der Waals surface area contributed by atoms with Crippen LogP contribution >= 0.6 is 0 Å². The van der Waals surface area contributed by atoms with Gasteiger partial charge in [0, 0.05) is 18.9 Å². The fourth-order valence-corrected chi connectivity index (χ4v) is 1.57. The SMILES string of the molecule is CCc1nnc(CNC(C)Cc2ccco2)o1. The molecular formula is C12H17N3O2. The third-order valence-electron chi connectivity index (χ3n) is 2.50. The van der Waals surface area contributed by atoms with E-state index in [9.17, 15) is 0 Å². The number of nitrogens with one attached hydrogen (secondary N) is 1. The van der Waals surface area contributed by atoms with Gasteiger partial charge >= 0.3 is 0 Å². The van der Waals surface area contributed by atoms with Gasteiger partial charge in [-0.15, -0.1) is 10.2 Å². The molecule has 2 rings (SSSR count). The molecular weight excluding hydrogens is 218 g/mol. The van der Waals surface area contributed by atoms with Crippen LogP contribution in [0.4, 0.5) is 0 Å². The summed E-state index contributed by atoms with van der Waals surface area (Å²) in [6.45, 7) is 4.68. The van der Waals surface area contributed by atoms with Crippen molar-refractivity contribution in [2.45, 2.75) is 39.3 Å². The Morgan fingerprint density at radius 2 is 2.18 bits per heavy atom. The molecule has 0 saturated carbocycles. The molecule has 0 saturated heterocycles. The van der Waals surface area contributed by atoms with E-state index in [4.69, 9.17) is 8.83 Å². The number of aryl methyl sites for hydroxylation is 1. The van der Waals surface area contributed by atoms with Crippen LogP contribution < -0.4 is 5.32 Å². The minimum Gasteiger partial charge on any atom is -0.469 e. The van der Waals surface area contributed by atoms with E-state index in [1.807, 2.05) is 19.1 Å². The van der Waals surface area contributed by atoms with E-state index < -0.39 is 0 Å². The minimum atomic E-state index is 0.304. The van der Waals surface area contributed by atoms with E-state index in [1.165, 1.54) is 0 Å². The Morgan fingerprint density at radius 1 is 1.35 bits per heavy atom. The van der Waals surface area contributed by atoms with Gasteiger partial charge in [-0.05, 0) is 19.1 Å². The molecule has 0 aliphatic heterocycles. The highest BCUT2D eigenvalue weighted by Crippen LogP contribution is 2.05. The maximum absolute atomic E-state index is 5.41. The Morgan fingerprint density at radius 3 is 2.82 bits per heavy atom. The van der Waals surface area contributed by atoms with Crippen LogP contribution in [0.25, 0.3) is 0 Å². The van der Waals surface area contributed by atoms with Gasteiger partial charge in [-0.25, -0.2) is 0 Å². The normalized spacial score (nSPS) is 12.8. The minimum absolute atomic E-state index is 0.304. The highest BCUT2D eigenvalue weighted by Gasteiger charge is 2.08. The first kappa shape index (κ1) is 11.9. The van der Waals surface area contributed by atoms with E-state index in [1.54, 1.807) is 6.26 Å². The van der Waals surface area contributed by atoms with Crippen molar-refractivity contribution in [3.63, 3.8) is 0 Å². The first-order valence-electron chi connectivity index (χ1n) is 5.85. The van der Waals surface area contributed by atoms with Crippen LogP contribution in [0.2, 0.25) is 0 Å². The summed E-state index contributed by atoms with van der Waals surface area (Å²) < 4.78 is 10.7. The topological polar surface area (TPSA) is 64.1 Å². The standard InChI is InChI=1S/C12H17N3O2/c1-3-11-14-15-12(17-11)8-13-9(2)7-10-5-4-6-16-10/h4-6,9,13H,3,7-8H2,1-2H3. The molecule has 2 aromatic rings. The summed E-state index contributed by atoms with van der Waals surface area (Å²) in [5.41, 5.74) is 0. The fraction of sp³-hybridized carbons (Fsp3) is 0.500. The van der Waals surface area contributed by atoms with Crippen molar-refractivity contribution in [2.24, 2.45) is 0 Å². The molecule has 5 nitrogen and oxygen atoms in total. The van der Waals surface area contributed by atoms with Crippen LogP contribution in [0, 0.1) is 0 Å². The lowest BCUT2D eigenvalue weighted by Crippen LogP contribution is -2.27. The zero-order valence-corrected chi connectivity index (χ0v) is 10.1. The Labute approximate surface area is 100 Å². The van der Waals surface area contributed by atoms with Crippen LogP contribution in [-0.4, -0.2) is 16.2 Å². The van der Waals surface area contributed by atoms with E-state index in [2.05, 4.69) is 22.4 Å². The number of hydrogen-bond donors (Lipinski definition) is 1. The number of furan rings is 1. The molecule has 0 aliphatic rings. The van der Waals surface area contributed by atoms with Crippen LogP contribution in [0.1, 0.15) is 31.4 Å². The van der Waals surface area contributed by atoms with Crippen molar-refractivity contribution in [3.05, 3.63) is 35.9 Å². The third-order valence-corrected chi connectivity index (χ3v) is 2.50.